The Bertz CT molecular complexity index is 937. The Morgan fingerprint density at radius 2 is 1.85 bits per heavy atom. The van der Waals surface area contributed by atoms with Gasteiger partial charge in [-0.1, -0.05) is 36.4 Å². The quantitative estimate of drug-likeness (QED) is 0.793. The number of aromatic nitrogens is 1. The molecule has 2 aromatic carbocycles. The first-order chi connectivity index (χ1) is 12.8. The second-order valence-electron chi connectivity index (χ2n) is 7.07. The van der Waals surface area contributed by atoms with Crippen LogP contribution >= 0.6 is 0 Å². The molecule has 0 radical (unpaired) electrons. The molecular formula is C21H21N3O2. The molecule has 2 fully saturated rings. The number of H-pyrrole nitrogens is 1. The van der Waals surface area contributed by atoms with E-state index in [0.717, 1.165) is 30.8 Å². The van der Waals surface area contributed by atoms with Gasteiger partial charge in [-0.15, -0.1) is 0 Å². The van der Waals surface area contributed by atoms with Crippen LogP contribution in [0.25, 0.3) is 10.9 Å². The Hall–Kier alpha value is -2.63. The second-order valence-corrected chi connectivity index (χ2v) is 7.07. The van der Waals surface area contributed by atoms with Gasteiger partial charge in [-0.2, -0.15) is 0 Å². The Morgan fingerprint density at radius 3 is 2.73 bits per heavy atom. The van der Waals surface area contributed by atoms with Crippen LogP contribution in [0.15, 0.2) is 60.8 Å². The Labute approximate surface area is 152 Å². The van der Waals surface area contributed by atoms with Crippen molar-refractivity contribution >= 4 is 22.5 Å². The van der Waals surface area contributed by atoms with Crippen molar-refractivity contribution in [1.29, 1.82) is 0 Å². The first-order valence-electron chi connectivity index (χ1n) is 9.05. The molecule has 2 aliphatic heterocycles. The Kier molecular flexibility index (Phi) is 3.76. The number of nitrogens with one attached hydrogen (secondary N) is 1. The molecule has 26 heavy (non-hydrogen) atoms. The smallest absolute Gasteiger partial charge is 0.253 e. The minimum absolute atomic E-state index is 0.0476. The zero-order chi connectivity index (χ0) is 17.5. The van der Waals surface area contributed by atoms with Crippen molar-refractivity contribution in [2.45, 2.75) is 18.7 Å². The number of morpholine rings is 1. The molecule has 2 aliphatic rings. The van der Waals surface area contributed by atoms with Gasteiger partial charge in [0.1, 0.15) is 6.61 Å². The summed E-state index contributed by atoms with van der Waals surface area (Å²) in [5, 5.41) is 1.26. The fourth-order valence-electron chi connectivity index (χ4n) is 4.23. The molecule has 2 saturated heterocycles. The van der Waals surface area contributed by atoms with Crippen molar-refractivity contribution in [3.05, 3.63) is 66.4 Å². The maximum Gasteiger partial charge on any atom is 0.253 e. The molecule has 3 heterocycles. The van der Waals surface area contributed by atoms with Crippen molar-refractivity contribution < 1.29 is 9.53 Å². The molecule has 132 valence electrons. The number of hydrogen-bond donors (Lipinski definition) is 1. The van der Waals surface area contributed by atoms with Gasteiger partial charge >= 0.3 is 0 Å². The molecule has 3 aromatic rings. The minimum Gasteiger partial charge on any atom is -0.365 e. The molecule has 1 N–H and O–H groups in total. The summed E-state index contributed by atoms with van der Waals surface area (Å²) >= 11 is 0. The predicted octanol–water partition coefficient (Wildman–Crippen LogP) is 2.78. The van der Waals surface area contributed by atoms with E-state index < -0.39 is 0 Å². The van der Waals surface area contributed by atoms with Crippen LogP contribution in [-0.2, 0) is 16.1 Å². The van der Waals surface area contributed by atoms with Gasteiger partial charge in [0.25, 0.3) is 5.91 Å². The SMILES string of the molecule is O=C1CO[C@H]2CN(Cc3c[nH]c4ccccc34)C[C@H]2N1c1ccccc1. The van der Waals surface area contributed by atoms with Crippen LogP contribution in [0.3, 0.4) is 0 Å². The number of rotatable bonds is 3. The normalized spacial score (nSPS) is 23.5. The number of benzene rings is 2. The zero-order valence-electron chi connectivity index (χ0n) is 14.5. The standard InChI is InChI=1S/C21H21N3O2/c25-21-14-26-20-13-23(11-15-10-22-18-9-5-4-8-17(15)18)12-19(20)24(21)16-6-2-1-3-7-16/h1-10,19-20,22H,11-14H2/t19-,20+/m1/s1. The van der Waals surface area contributed by atoms with Gasteiger partial charge in [-0.25, -0.2) is 0 Å². The molecule has 0 bridgehead atoms. The first-order valence-corrected chi connectivity index (χ1v) is 9.05. The summed E-state index contributed by atoms with van der Waals surface area (Å²) in [6, 6.07) is 18.4. The molecule has 1 amide bonds. The van der Waals surface area contributed by atoms with E-state index in [4.69, 9.17) is 4.74 Å². The van der Waals surface area contributed by atoms with E-state index >= 15 is 0 Å². The van der Waals surface area contributed by atoms with Crippen LogP contribution < -0.4 is 4.90 Å². The molecule has 0 saturated carbocycles. The molecule has 1 aromatic heterocycles. The fraction of sp³-hybridized carbons (Fsp3) is 0.286. The van der Waals surface area contributed by atoms with E-state index in [-0.39, 0.29) is 24.7 Å². The highest BCUT2D eigenvalue weighted by atomic mass is 16.5. The first kappa shape index (κ1) is 15.6. The van der Waals surface area contributed by atoms with Gasteiger partial charge in [-0.05, 0) is 23.8 Å². The molecule has 2 atom stereocenters. The van der Waals surface area contributed by atoms with Crippen LogP contribution in [-0.4, -0.2) is 47.6 Å². The molecule has 0 unspecified atom stereocenters. The summed E-state index contributed by atoms with van der Waals surface area (Å²) in [5.41, 5.74) is 3.41. The monoisotopic (exact) mass is 347 g/mol. The number of hydrogen-bond acceptors (Lipinski definition) is 3. The van der Waals surface area contributed by atoms with E-state index in [9.17, 15) is 4.79 Å². The number of para-hydroxylation sites is 2. The average Bonchev–Trinajstić information content (AvgIpc) is 3.27. The fourth-order valence-corrected chi connectivity index (χ4v) is 4.23. The highest BCUT2D eigenvalue weighted by Crippen LogP contribution is 2.30. The van der Waals surface area contributed by atoms with Crippen LogP contribution in [0, 0.1) is 0 Å². The highest BCUT2D eigenvalue weighted by Gasteiger charge is 2.43. The van der Waals surface area contributed by atoms with Crippen LogP contribution in [0.5, 0.6) is 0 Å². The molecule has 0 aliphatic carbocycles. The summed E-state index contributed by atoms with van der Waals surface area (Å²) in [7, 11) is 0. The van der Waals surface area contributed by atoms with Crippen LogP contribution in [0.1, 0.15) is 5.56 Å². The number of anilines is 1. The Balaban J connectivity index is 1.39. The molecular weight excluding hydrogens is 326 g/mol. The average molecular weight is 347 g/mol. The number of nitrogens with zero attached hydrogens (tertiary/aromatic N) is 2. The van der Waals surface area contributed by atoms with Gasteiger partial charge in [-0.3, -0.25) is 9.69 Å². The van der Waals surface area contributed by atoms with Crippen molar-refractivity contribution in [2.75, 3.05) is 24.6 Å². The lowest BCUT2D eigenvalue weighted by molar-refractivity contribution is -0.130. The van der Waals surface area contributed by atoms with Gasteiger partial charge < -0.3 is 14.6 Å². The van der Waals surface area contributed by atoms with Crippen LogP contribution in [0.2, 0.25) is 0 Å². The maximum atomic E-state index is 12.5. The number of ether oxygens (including phenoxy) is 1. The maximum absolute atomic E-state index is 12.5. The van der Waals surface area contributed by atoms with Gasteiger partial charge in [0.05, 0.1) is 12.1 Å². The lowest BCUT2D eigenvalue weighted by Gasteiger charge is -2.36. The van der Waals surface area contributed by atoms with Crippen molar-refractivity contribution in [2.24, 2.45) is 0 Å². The number of likely N-dealkylation sites (tertiary alicyclic amines) is 1. The number of aromatic amines is 1. The van der Waals surface area contributed by atoms with E-state index in [2.05, 4.69) is 34.3 Å². The Morgan fingerprint density at radius 1 is 1.04 bits per heavy atom. The van der Waals surface area contributed by atoms with Crippen molar-refractivity contribution in [3.63, 3.8) is 0 Å². The van der Waals surface area contributed by atoms with Crippen molar-refractivity contribution in [3.8, 4) is 0 Å². The summed E-state index contributed by atoms with van der Waals surface area (Å²) in [5.74, 6) is 0.0476. The lowest BCUT2D eigenvalue weighted by atomic mass is 10.1. The number of carbonyl (C=O) groups excluding carboxylic acids is 1. The second kappa shape index (κ2) is 6.27. The third kappa shape index (κ3) is 2.60. The van der Waals surface area contributed by atoms with Gasteiger partial charge in [0, 0.05) is 42.4 Å². The molecule has 5 nitrogen and oxygen atoms in total. The van der Waals surface area contributed by atoms with E-state index in [1.54, 1.807) is 0 Å². The third-order valence-corrected chi connectivity index (χ3v) is 5.44. The summed E-state index contributed by atoms with van der Waals surface area (Å²) in [4.78, 5) is 20.2. The topological polar surface area (TPSA) is 48.6 Å². The van der Waals surface area contributed by atoms with Crippen LogP contribution in [0.4, 0.5) is 5.69 Å². The van der Waals surface area contributed by atoms with E-state index in [1.165, 1.54) is 10.9 Å². The minimum atomic E-state index is 0.0476. The van der Waals surface area contributed by atoms with Crippen molar-refractivity contribution in [1.82, 2.24) is 9.88 Å². The van der Waals surface area contributed by atoms with E-state index in [1.807, 2.05) is 41.3 Å². The largest absolute Gasteiger partial charge is 0.365 e. The highest BCUT2D eigenvalue weighted by molar-refractivity contribution is 5.95. The zero-order valence-corrected chi connectivity index (χ0v) is 14.5. The third-order valence-electron chi connectivity index (χ3n) is 5.44. The molecule has 5 rings (SSSR count). The number of carbonyl (C=O) groups is 1. The predicted molar refractivity (Wildman–Crippen MR) is 101 cm³/mol. The molecule has 0 spiro atoms. The summed E-state index contributed by atoms with van der Waals surface area (Å²) < 4.78 is 5.86. The molecule has 5 heteroatoms. The van der Waals surface area contributed by atoms with Gasteiger partial charge in [0.15, 0.2) is 0 Å². The van der Waals surface area contributed by atoms with Gasteiger partial charge in [0.2, 0.25) is 0 Å². The number of fused-ring (bicyclic) bond motifs is 2. The summed E-state index contributed by atoms with van der Waals surface area (Å²) in [6.45, 7) is 2.69. The summed E-state index contributed by atoms with van der Waals surface area (Å²) in [6.07, 6.45) is 2.16. The lowest BCUT2D eigenvalue weighted by Crippen LogP contribution is -2.54. The van der Waals surface area contributed by atoms with E-state index in [0.29, 0.717) is 0 Å². The number of amides is 1.